The molecule has 0 radical (unpaired) electrons. The number of nitrogens with one attached hydrogen (secondary N) is 1. The molecule has 4 aliphatic rings. The van der Waals surface area contributed by atoms with Crippen molar-refractivity contribution in [2.45, 2.75) is 70.4 Å². The summed E-state index contributed by atoms with van der Waals surface area (Å²) in [4.78, 5) is 27.5. The summed E-state index contributed by atoms with van der Waals surface area (Å²) in [5.41, 5.74) is 0. The van der Waals surface area contributed by atoms with Gasteiger partial charge < -0.3 is 14.8 Å². The number of nitrogens with zero attached hydrogens (tertiary/aromatic N) is 4. The molecule has 0 bridgehead atoms. The average molecular weight is 371 g/mol. The molecule has 0 spiro atoms. The van der Waals surface area contributed by atoms with Crippen LogP contribution in [0.3, 0.4) is 0 Å². The lowest BCUT2D eigenvalue weighted by Gasteiger charge is -2.29. The molecule has 146 valence electrons. The van der Waals surface area contributed by atoms with Crippen molar-refractivity contribution in [1.82, 2.24) is 25.0 Å². The molecule has 0 unspecified atom stereocenters. The molecule has 7 heteroatoms. The van der Waals surface area contributed by atoms with Crippen molar-refractivity contribution in [3.05, 3.63) is 11.6 Å². The van der Waals surface area contributed by atoms with Crippen LogP contribution in [-0.2, 0) is 11.3 Å². The molecule has 0 aromatic carbocycles. The van der Waals surface area contributed by atoms with Crippen molar-refractivity contribution < 1.29 is 9.59 Å². The molecule has 3 heterocycles. The molecule has 27 heavy (non-hydrogen) atoms. The Balaban J connectivity index is 1.29. The number of amides is 2. The van der Waals surface area contributed by atoms with Crippen molar-refractivity contribution in [2.75, 3.05) is 13.1 Å². The number of aromatic nitrogens is 3. The monoisotopic (exact) mass is 371 g/mol. The fourth-order valence-corrected chi connectivity index (χ4v) is 5.15. The fraction of sp³-hybridized carbons (Fsp3) is 0.800. The van der Waals surface area contributed by atoms with Gasteiger partial charge in [0.25, 0.3) is 5.91 Å². The molecule has 2 aliphatic heterocycles. The van der Waals surface area contributed by atoms with Gasteiger partial charge in [0, 0.05) is 37.5 Å². The minimum atomic E-state index is -0.100. The van der Waals surface area contributed by atoms with Gasteiger partial charge in [-0.25, -0.2) is 0 Å². The van der Waals surface area contributed by atoms with Crippen LogP contribution in [0.5, 0.6) is 0 Å². The second-order valence-corrected chi connectivity index (χ2v) is 9.14. The quantitative estimate of drug-likeness (QED) is 0.881. The highest BCUT2D eigenvalue weighted by Crippen LogP contribution is 2.40. The van der Waals surface area contributed by atoms with E-state index in [1.807, 2.05) is 4.57 Å². The highest BCUT2D eigenvalue weighted by atomic mass is 16.2. The maximum Gasteiger partial charge on any atom is 0.289 e. The van der Waals surface area contributed by atoms with Crippen LogP contribution in [-0.4, -0.2) is 50.6 Å². The van der Waals surface area contributed by atoms with E-state index >= 15 is 0 Å². The summed E-state index contributed by atoms with van der Waals surface area (Å²) in [6.07, 6.45) is 7.53. The number of hydrogen-bond donors (Lipinski definition) is 1. The van der Waals surface area contributed by atoms with Crippen LogP contribution in [0.25, 0.3) is 0 Å². The van der Waals surface area contributed by atoms with Crippen LogP contribution in [0.2, 0.25) is 0 Å². The smallest absolute Gasteiger partial charge is 0.289 e. The van der Waals surface area contributed by atoms with Gasteiger partial charge >= 0.3 is 0 Å². The third-order valence-electron chi connectivity index (χ3n) is 7.07. The van der Waals surface area contributed by atoms with E-state index in [0.29, 0.717) is 23.7 Å². The van der Waals surface area contributed by atoms with Crippen LogP contribution in [0.1, 0.15) is 74.2 Å². The van der Waals surface area contributed by atoms with E-state index in [9.17, 15) is 9.59 Å². The van der Waals surface area contributed by atoms with Crippen LogP contribution in [0.4, 0.5) is 0 Å². The van der Waals surface area contributed by atoms with Crippen LogP contribution in [0.15, 0.2) is 0 Å². The Kier molecular flexibility index (Phi) is 4.20. The molecular formula is C20H29N5O2. The number of fused-ring (bicyclic) bond motifs is 3. The van der Waals surface area contributed by atoms with Gasteiger partial charge in [0.1, 0.15) is 5.82 Å². The molecule has 5 rings (SSSR count). The lowest BCUT2D eigenvalue weighted by Crippen LogP contribution is -2.36. The lowest BCUT2D eigenvalue weighted by molar-refractivity contribution is -0.135. The molecule has 1 aromatic heterocycles. The first kappa shape index (κ1) is 17.2. The molecule has 1 aromatic rings. The number of rotatable bonds is 3. The van der Waals surface area contributed by atoms with Crippen molar-refractivity contribution >= 4 is 11.8 Å². The van der Waals surface area contributed by atoms with Crippen molar-refractivity contribution in [3.63, 3.8) is 0 Å². The Hall–Kier alpha value is -1.92. The van der Waals surface area contributed by atoms with Gasteiger partial charge in [-0.2, -0.15) is 0 Å². The molecule has 1 saturated heterocycles. The summed E-state index contributed by atoms with van der Waals surface area (Å²) in [5, 5.41) is 11.6. The Labute approximate surface area is 159 Å². The number of hydrogen-bond acceptors (Lipinski definition) is 4. The van der Waals surface area contributed by atoms with Crippen LogP contribution >= 0.6 is 0 Å². The zero-order chi connectivity index (χ0) is 18.5. The first-order chi connectivity index (χ1) is 13.1. The standard InChI is InChI=1S/C20H29N5O2/c1-12-2-4-13(5-3-12)20(27)24-10-14-8-9-25-17(16(14)11-24)22-23-18(25)19(26)21-15-6-7-15/h12-16H,2-11H2,1H3,(H,21,26)/t12?,13?,14-,16-/m1/s1. The second-order valence-electron chi connectivity index (χ2n) is 9.14. The summed E-state index contributed by atoms with van der Waals surface area (Å²) < 4.78 is 2.00. The second kappa shape index (κ2) is 6.60. The zero-order valence-electron chi connectivity index (χ0n) is 16.1. The Morgan fingerprint density at radius 2 is 1.78 bits per heavy atom. The maximum absolute atomic E-state index is 13.0. The lowest BCUT2D eigenvalue weighted by atomic mass is 9.82. The summed E-state index contributed by atoms with van der Waals surface area (Å²) in [7, 11) is 0. The minimum Gasteiger partial charge on any atom is -0.347 e. The molecule has 7 nitrogen and oxygen atoms in total. The Morgan fingerprint density at radius 1 is 1.00 bits per heavy atom. The van der Waals surface area contributed by atoms with Gasteiger partial charge in [-0.15, -0.1) is 10.2 Å². The van der Waals surface area contributed by atoms with Crippen molar-refractivity contribution in [1.29, 1.82) is 0 Å². The third-order valence-corrected chi connectivity index (χ3v) is 7.07. The molecule has 2 atom stereocenters. The van der Waals surface area contributed by atoms with E-state index < -0.39 is 0 Å². The van der Waals surface area contributed by atoms with Gasteiger partial charge in [-0.1, -0.05) is 6.92 Å². The van der Waals surface area contributed by atoms with Gasteiger partial charge in [0.05, 0.1) is 0 Å². The molecular weight excluding hydrogens is 342 g/mol. The predicted octanol–water partition coefficient (Wildman–Crippen LogP) is 1.94. The maximum atomic E-state index is 13.0. The average Bonchev–Trinajstić information content (AvgIpc) is 3.20. The third kappa shape index (κ3) is 3.15. The summed E-state index contributed by atoms with van der Waals surface area (Å²) in [5.74, 6) is 3.23. The van der Waals surface area contributed by atoms with Crippen molar-refractivity contribution in [3.8, 4) is 0 Å². The predicted molar refractivity (Wildman–Crippen MR) is 99.1 cm³/mol. The first-order valence-corrected chi connectivity index (χ1v) is 10.6. The number of carbonyl (C=O) groups is 2. The Morgan fingerprint density at radius 3 is 2.52 bits per heavy atom. The summed E-state index contributed by atoms with van der Waals surface area (Å²) in [6, 6.07) is 0.319. The largest absolute Gasteiger partial charge is 0.347 e. The van der Waals surface area contributed by atoms with E-state index in [4.69, 9.17) is 0 Å². The van der Waals surface area contributed by atoms with E-state index in [2.05, 4.69) is 27.3 Å². The van der Waals surface area contributed by atoms with Gasteiger partial charge in [-0.05, 0) is 56.8 Å². The van der Waals surface area contributed by atoms with Crippen molar-refractivity contribution in [2.24, 2.45) is 17.8 Å². The minimum absolute atomic E-state index is 0.100. The molecule has 2 saturated carbocycles. The highest BCUT2D eigenvalue weighted by molar-refractivity contribution is 5.91. The summed E-state index contributed by atoms with van der Waals surface area (Å²) in [6.45, 7) is 4.64. The number of carbonyl (C=O) groups excluding carboxylic acids is 2. The first-order valence-electron chi connectivity index (χ1n) is 10.6. The normalized spacial score (nSPS) is 32.7. The molecule has 3 fully saturated rings. The highest BCUT2D eigenvalue weighted by Gasteiger charge is 2.43. The zero-order valence-corrected chi connectivity index (χ0v) is 16.1. The summed E-state index contributed by atoms with van der Waals surface area (Å²) >= 11 is 0. The van der Waals surface area contributed by atoms with Gasteiger partial charge in [0.2, 0.25) is 11.7 Å². The molecule has 1 N–H and O–H groups in total. The van der Waals surface area contributed by atoms with Crippen LogP contribution < -0.4 is 5.32 Å². The molecule has 2 aliphatic carbocycles. The number of likely N-dealkylation sites (tertiary alicyclic amines) is 1. The van der Waals surface area contributed by atoms with E-state index in [0.717, 1.165) is 63.5 Å². The van der Waals surface area contributed by atoms with Gasteiger partial charge in [0.15, 0.2) is 0 Å². The Bertz CT molecular complexity index is 748. The van der Waals surface area contributed by atoms with E-state index in [1.54, 1.807) is 0 Å². The van der Waals surface area contributed by atoms with E-state index in [1.165, 1.54) is 12.8 Å². The topological polar surface area (TPSA) is 80.1 Å². The fourth-order valence-electron chi connectivity index (χ4n) is 5.15. The molecule has 2 amide bonds. The SMILES string of the molecule is CC1CCC(C(=O)N2C[C@H]3CCn4c(C(=O)NC5CC5)nnc4[C@@H]3C2)CC1. The van der Waals surface area contributed by atoms with Gasteiger partial charge in [-0.3, -0.25) is 9.59 Å². The van der Waals surface area contributed by atoms with E-state index in [-0.39, 0.29) is 17.7 Å². The van der Waals surface area contributed by atoms with Crippen LogP contribution in [0, 0.1) is 17.8 Å².